The summed E-state index contributed by atoms with van der Waals surface area (Å²) in [4.78, 5) is 12.3. The Morgan fingerprint density at radius 1 is 1.15 bits per heavy atom. The second kappa shape index (κ2) is 8.05. The van der Waals surface area contributed by atoms with E-state index < -0.39 is 0 Å². The molecule has 1 N–H and O–H groups in total. The molecule has 27 heavy (non-hydrogen) atoms. The predicted molar refractivity (Wildman–Crippen MR) is 106 cm³/mol. The third-order valence-corrected chi connectivity index (χ3v) is 5.95. The minimum atomic E-state index is 0.00873. The van der Waals surface area contributed by atoms with Gasteiger partial charge in [-0.25, -0.2) is 0 Å². The second-order valence-corrected chi connectivity index (χ2v) is 8.03. The van der Waals surface area contributed by atoms with E-state index in [2.05, 4.69) is 15.5 Å². The lowest BCUT2D eigenvalue weighted by molar-refractivity contribution is 0.0942. The molecule has 0 aliphatic heterocycles. The van der Waals surface area contributed by atoms with Crippen LogP contribution in [0.4, 0.5) is 0 Å². The molecule has 3 aromatic rings. The zero-order valence-electron chi connectivity index (χ0n) is 15.4. The fraction of sp³-hybridized carbons (Fsp3) is 0.381. The molecule has 0 radical (unpaired) electrons. The van der Waals surface area contributed by atoms with Gasteiger partial charge in [-0.1, -0.05) is 17.7 Å². The lowest BCUT2D eigenvalue weighted by Gasteiger charge is -2.26. The molecule has 1 fully saturated rings. The van der Waals surface area contributed by atoms with Crippen LogP contribution in [0.15, 0.2) is 45.5 Å². The molecule has 1 amide bonds. The van der Waals surface area contributed by atoms with Crippen LogP contribution in [-0.4, -0.2) is 22.6 Å². The maximum absolute atomic E-state index is 12.3. The maximum Gasteiger partial charge on any atom is 0.251 e. The number of rotatable bonds is 5. The van der Waals surface area contributed by atoms with E-state index in [1.165, 1.54) is 0 Å². The molecule has 0 spiro atoms. The summed E-state index contributed by atoms with van der Waals surface area (Å²) >= 11 is 1.62. The molecule has 2 heterocycles. The SMILES string of the molecule is Cc1ccc(C(=O)NCC2CCC(c3nnc(-c4ccsc4)o3)CC2)cc1. The molecule has 6 heteroatoms. The van der Waals surface area contributed by atoms with Crippen molar-refractivity contribution in [2.24, 2.45) is 5.92 Å². The van der Waals surface area contributed by atoms with Gasteiger partial charge >= 0.3 is 0 Å². The summed E-state index contributed by atoms with van der Waals surface area (Å²) in [6.45, 7) is 2.75. The van der Waals surface area contributed by atoms with Crippen LogP contribution < -0.4 is 5.32 Å². The summed E-state index contributed by atoms with van der Waals surface area (Å²) in [6.07, 6.45) is 4.18. The highest BCUT2D eigenvalue weighted by atomic mass is 32.1. The van der Waals surface area contributed by atoms with Gasteiger partial charge in [-0.15, -0.1) is 10.2 Å². The normalized spacial score (nSPS) is 19.7. The molecule has 0 atom stereocenters. The van der Waals surface area contributed by atoms with Crippen molar-refractivity contribution in [3.8, 4) is 11.5 Å². The molecule has 1 aliphatic rings. The van der Waals surface area contributed by atoms with Crippen molar-refractivity contribution < 1.29 is 9.21 Å². The standard InChI is InChI=1S/C21H23N3O2S/c1-14-2-6-16(7-3-14)19(25)22-12-15-4-8-17(9-5-15)20-23-24-21(26-20)18-10-11-27-13-18/h2-3,6-7,10-11,13,15,17H,4-5,8-9,12H2,1H3,(H,22,25). The maximum atomic E-state index is 12.3. The van der Waals surface area contributed by atoms with E-state index in [-0.39, 0.29) is 5.91 Å². The Labute approximate surface area is 162 Å². The average molecular weight is 382 g/mol. The highest BCUT2D eigenvalue weighted by Crippen LogP contribution is 2.36. The van der Waals surface area contributed by atoms with Crippen molar-refractivity contribution in [3.63, 3.8) is 0 Å². The number of thiophene rings is 1. The molecular formula is C21H23N3O2S. The predicted octanol–water partition coefficient (Wildman–Crippen LogP) is 4.81. The van der Waals surface area contributed by atoms with Crippen molar-refractivity contribution in [1.82, 2.24) is 15.5 Å². The van der Waals surface area contributed by atoms with Gasteiger partial charge in [0.05, 0.1) is 0 Å². The first kappa shape index (κ1) is 17.9. The molecule has 4 rings (SSSR count). The topological polar surface area (TPSA) is 68.0 Å². The van der Waals surface area contributed by atoms with Crippen LogP contribution in [0, 0.1) is 12.8 Å². The van der Waals surface area contributed by atoms with Crippen molar-refractivity contribution in [3.05, 3.63) is 58.1 Å². The van der Waals surface area contributed by atoms with E-state index in [0.717, 1.165) is 54.8 Å². The van der Waals surface area contributed by atoms with Gasteiger partial charge in [0.1, 0.15) is 0 Å². The number of carbonyl (C=O) groups is 1. The summed E-state index contributed by atoms with van der Waals surface area (Å²) in [7, 11) is 0. The van der Waals surface area contributed by atoms with Gasteiger partial charge in [0.2, 0.25) is 11.8 Å². The number of nitrogens with one attached hydrogen (secondary N) is 1. The Morgan fingerprint density at radius 2 is 1.93 bits per heavy atom. The summed E-state index contributed by atoms with van der Waals surface area (Å²) in [5, 5.41) is 15.5. The van der Waals surface area contributed by atoms with Crippen molar-refractivity contribution in [2.45, 2.75) is 38.5 Å². The molecule has 0 bridgehead atoms. The monoisotopic (exact) mass is 381 g/mol. The first-order valence-electron chi connectivity index (χ1n) is 9.40. The lowest BCUT2D eigenvalue weighted by atomic mass is 9.82. The molecule has 1 aromatic carbocycles. The van der Waals surface area contributed by atoms with Crippen LogP contribution in [0.1, 0.15) is 53.4 Å². The Kier molecular flexibility index (Phi) is 5.34. The molecule has 2 aromatic heterocycles. The number of nitrogens with zero attached hydrogens (tertiary/aromatic N) is 2. The zero-order chi connectivity index (χ0) is 18.6. The highest BCUT2D eigenvalue weighted by Gasteiger charge is 2.26. The number of aromatic nitrogens is 2. The Morgan fingerprint density at radius 3 is 2.63 bits per heavy atom. The van der Waals surface area contributed by atoms with Gasteiger partial charge < -0.3 is 9.73 Å². The van der Waals surface area contributed by atoms with Crippen LogP contribution in [0.5, 0.6) is 0 Å². The first-order valence-corrected chi connectivity index (χ1v) is 10.3. The Bertz CT molecular complexity index is 879. The van der Waals surface area contributed by atoms with Crippen LogP contribution in [0.3, 0.4) is 0 Å². The van der Waals surface area contributed by atoms with Crippen molar-refractivity contribution in [2.75, 3.05) is 6.54 Å². The fourth-order valence-corrected chi connectivity index (χ4v) is 4.19. The fourth-order valence-electron chi connectivity index (χ4n) is 3.56. The smallest absolute Gasteiger partial charge is 0.251 e. The van der Waals surface area contributed by atoms with Gasteiger partial charge in [0.25, 0.3) is 5.91 Å². The summed E-state index contributed by atoms with van der Waals surface area (Å²) in [5.74, 6) is 2.20. The number of hydrogen-bond donors (Lipinski definition) is 1. The second-order valence-electron chi connectivity index (χ2n) is 7.25. The third kappa shape index (κ3) is 4.27. The average Bonchev–Trinajstić information content (AvgIpc) is 3.39. The molecular weight excluding hydrogens is 358 g/mol. The third-order valence-electron chi connectivity index (χ3n) is 5.27. The van der Waals surface area contributed by atoms with Gasteiger partial charge in [0.15, 0.2) is 0 Å². The number of aryl methyl sites for hydroxylation is 1. The van der Waals surface area contributed by atoms with Gasteiger partial charge in [0, 0.05) is 29.0 Å². The summed E-state index contributed by atoms with van der Waals surface area (Å²) in [6, 6.07) is 9.68. The molecule has 5 nitrogen and oxygen atoms in total. The summed E-state index contributed by atoms with van der Waals surface area (Å²) in [5.41, 5.74) is 2.88. The van der Waals surface area contributed by atoms with E-state index in [1.807, 2.05) is 48.0 Å². The largest absolute Gasteiger partial charge is 0.420 e. The highest BCUT2D eigenvalue weighted by molar-refractivity contribution is 7.08. The van der Waals surface area contributed by atoms with Crippen LogP contribution in [-0.2, 0) is 0 Å². The van der Waals surface area contributed by atoms with Gasteiger partial charge in [-0.05, 0) is 62.1 Å². The van der Waals surface area contributed by atoms with Crippen LogP contribution in [0.25, 0.3) is 11.5 Å². The molecule has 0 unspecified atom stereocenters. The lowest BCUT2D eigenvalue weighted by Crippen LogP contribution is -2.31. The number of hydrogen-bond acceptors (Lipinski definition) is 5. The molecule has 0 saturated heterocycles. The quantitative estimate of drug-likeness (QED) is 0.689. The first-order chi connectivity index (χ1) is 13.2. The molecule has 140 valence electrons. The van der Waals surface area contributed by atoms with Crippen molar-refractivity contribution in [1.29, 1.82) is 0 Å². The van der Waals surface area contributed by atoms with E-state index >= 15 is 0 Å². The van der Waals surface area contributed by atoms with Crippen molar-refractivity contribution >= 4 is 17.2 Å². The van der Waals surface area contributed by atoms with E-state index in [9.17, 15) is 4.79 Å². The Hall–Kier alpha value is -2.47. The number of carbonyl (C=O) groups excluding carboxylic acids is 1. The zero-order valence-corrected chi connectivity index (χ0v) is 16.2. The summed E-state index contributed by atoms with van der Waals surface area (Å²) < 4.78 is 5.88. The minimum absolute atomic E-state index is 0.00873. The number of amides is 1. The molecule has 1 saturated carbocycles. The number of benzene rings is 1. The van der Waals surface area contributed by atoms with Gasteiger partial charge in [-0.2, -0.15) is 11.3 Å². The van der Waals surface area contributed by atoms with Gasteiger partial charge in [-0.3, -0.25) is 4.79 Å². The van der Waals surface area contributed by atoms with Crippen LogP contribution in [0.2, 0.25) is 0 Å². The molecule has 1 aliphatic carbocycles. The van der Waals surface area contributed by atoms with E-state index in [0.29, 0.717) is 17.7 Å². The van der Waals surface area contributed by atoms with Crippen LogP contribution >= 0.6 is 11.3 Å². The minimum Gasteiger partial charge on any atom is -0.420 e. The van der Waals surface area contributed by atoms with E-state index in [4.69, 9.17) is 4.42 Å². The van der Waals surface area contributed by atoms with E-state index in [1.54, 1.807) is 11.3 Å². The Balaban J connectivity index is 1.26.